The molecule has 2 bridgehead atoms. The van der Waals surface area contributed by atoms with Crippen LogP contribution in [0.2, 0.25) is 0 Å². The third-order valence-electron chi connectivity index (χ3n) is 4.22. The number of carbonyl (C=O) groups excluding carboxylic acids is 1. The van der Waals surface area contributed by atoms with E-state index in [0.717, 1.165) is 44.9 Å². The van der Waals surface area contributed by atoms with Crippen molar-refractivity contribution in [3.05, 3.63) is 0 Å². The second-order valence-electron chi connectivity index (χ2n) is 6.07. The minimum atomic E-state index is -0.621. The molecule has 2 aliphatic rings. The van der Waals surface area contributed by atoms with Gasteiger partial charge in [-0.15, -0.1) is 0 Å². The number of rotatable bonds is 5. The molecule has 0 spiro atoms. The Kier molecular flexibility index (Phi) is 4.40. The summed E-state index contributed by atoms with van der Waals surface area (Å²) in [7, 11) is -0.621. The predicted molar refractivity (Wildman–Crippen MR) is 71.4 cm³/mol. The lowest BCUT2D eigenvalue weighted by atomic mass is 9.91. The highest BCUT2D eigenvalue weighted by molar-refractivity contribution is 7.86. The van der Waals surface area contributed by atoms with E-state index < -0.39 is 10.8 Å². The molecular formula is C14H24O2S. The molecule has 17 heavy (non-hydrogen) atoms. The van der Waals surface area contributed by atoms with E-state index >= 15 is 0 Å². The van der Waals surface area contributed by atoms with Gasteiger partial charge in [0.2, 0.25) is 0 Å². The fourth-order valence-corrected chi connectivity index (χ4v) is 5.31. The van der Waals surface area contributed by atoms with E-state index in [1.54, 1.807) is 0 Å². The Hall–Kier alpha value is -0.180. The summed E-state index contributed by atoms with van der Waals surface area (Å²) in [4.78, 5) is 12.1. The Morgan fingerprint density at radius 2 is 1.82 bits per heavy atom. The molecular weight excluding hydrogens is 232 g/mol. The van der Waals surface area contributed by atoms with Gasteiger partial charge in [-0.1, -0.05) is 20.3 Å². The van der Waals surface area contributed by atoms with Crippen molar-refractivity contribution in [2.24, 2.45) is 11.8 Å². The van der Waals surface area contributed by atoms with Crippen molar-refractivity contribution in [1.82, 2.24) is 0 Å². The third-order valence-corrected chi connectivity index (χ3v) is 6.39. The van der Waals surface area contributed by atoms with Crippen LogP contribution in [0.5, 0.6) is 0 Å². The Bertz CT molecular complexity index is 295. The van der Waals surface area contributed by atoms with Crippen LogP contribution in [-0.4, -0.2) is 20.5 Å². The van der Waals surface area contributed by atoms with Crippen LogP contribution < -0.4 is 0 Å². The van der Waals surface area contributed by atoms with Crippen LogP contribution in [0.1, 0.15) is 58.8 Å². The molecule has 0 aromatic heterocycles. The van der Waals surface area contributed by atoms with Gasteiger partial charge in [-0.3, -0.25) is 9.00 Å². The monoisotopic (exact) mass is 256 g/mol. The summed E-state index contributed by atoms with van der Waals surface area (Å²) >= 11 is 0. The predicted octanol–water partition coefficient (Wildman–Crippen LogP) is 3.07. The third kappa shape index (κ3) is 3.18. The zero-order valence-electron chi connectivity index (χ0n) is 11.0. The topological polar surface area (TPSA) is 34.1 Å². The lowest BCUT2D eigenvalue weighted by molar-refractivity contribution is -0.123. The fourth-order valence-electron chi connectivity index (χ4n) is 3.18. The number of fused-ring (bicyclic) bond motifs is 2. The zero-order chi connectivity index (χ0) is 12.4. The van der Waals surface area contributed by atoms with Gasteiger partial charge in [0.05, 0.1) is 0 Å². The van der Waals surface area contributed by atoms with E-state index in [1.807, 2.05) is 0 Å². The van der Waals surface area contributed by atoms with E-state index in [-0.39, 0.29) is 5.92 Å². The molecule has 2 aliphatic heterocycles. The minimum absolute atomic E-state index is 0.234. The normalized spacial score (nSPS) is 36.4. The summed E-state index contributed by atoms with van der Waals surface area (Å²) in [6.45, 7) is 4.41. The molecule has 2 atom stereocenters. The first-order chi connectivity index (χ1) is 8.08. The van der Waals surface area contributed by atoms with Crippen LogP contribution >= 0.6 is 0 Å². The number of Topliss-reactive ketones (excluding diaryl/α,β-unsaturated/α-hetero) is 1. The number of carbonyl (C=O) groups is 1. The van der Waals surface area contributed by atoms with E-state index in [0.29, 0.717) is 22.2 Å². The molecule has 2 rings (SSSR count). The van der Waals surface area contributed by atoms with Crippen molar-refractivity contribution in [3.8, 4) is 0 Å². The maximum Gasteiger partial charge on any atom is 0.136 e. The molecule has 2 heterocycles. The van der Waals surface area contributed by atoms with Crippen molar-refractivity contribution in [2.45, 2.75) is 69.3 Å². The zero-order valence-corrected chi connectivity index (χ0v) is 11.8. The molecule has 2 unspecified atom stereocenters. The second-order valence-corrected chi connectivity index (χ2v) is 8.06. The van der Waals surface area contributed by atoms with E-state index in [1.165, 1.54) is 0 Å². The number of hydrogen-bond acceptors (Lipinski definition) is 2. The standard InChI is InChI=1S/C14H24O2S/c1-10(2)4-3-5-14(15)11-8-12-6-7-13(9-11)17(12)16/h10-13H,3-9H2,1-2H3. The van der Waals surface area contributed by atoms with Gasteiger partial charge in [0.25, 0.3) is 0 Å². The van der Waals surface area contributed by atoms with Crippen molar-refractivity contribution in [1.29, 1.82) is 0 Å². The van der Waals surface area contributed by atoms with Gasteiger partial charge in [0, 0.05) is 33.6 Å². The SMILES string of the molecule is CC(C)CCCC(=O)C1CC2CCC(C1)S2=O. The van der Waals surface area contributed by atoms with Gasteiger partial charge >= 0.3 is 0 Å². The largest absolute Gasteiger partial charge is 0.299 e. The van der Waals surface area contributed by atoms with E-state index in [9.17, 15) is 9.00 Å². The average Bonchev–Trinajstić information content (AvgIpc) is 2.52. The van der Waals surface area contributed by atoms with E-state index in [4.69, 9.17) is 0 Å². The van der Waals surface area contributed by atoms with Crippen molar-refractivity contribution >= 4 is 16.6 Å². The highest BCUT2D eigenvalue weighted by atomic mass is 32.2. The van der Waals surface area contributed by atoms with Crippen LogP contribution in [0, 0.1) is 11.8 Å². The van der Waals surface area contributed by atoms with Gasteiger partial charge in [-0.2, -0.15) is 0 Å². The van der Waals surface area contributed by atoms with Crippen molar-refractivity contribution in [2.75, 3.05) is 0 Å². The second kappa shape index (κ2) is 5.64. The van der Waals surface area contributed by atoms with Crippen LogP contribution in [0.4, 0.5) is 0 Å². The molecule has 2 nitrogen and oxygen atoms in total. The van der Waals surface area contributed by atoms with Crippen molar-refractivity contribution in [3.63, 3.8) is 0 Å². The van der Waals surface area contributed by atoms with Crippen LogP contribution in [-0.2, 0) is 15.6 Å². The first kappa shape index (κ1) is 13.3. The minimum Gasteiger partial charge on any atom is -0.299 e. The molecule has 0 amide bonds. The summed E-state index contributed by atoms with van der Waals surface area (Å²) in [6.07, 6.45) is 6.92. The first-order valence-electron chi connectivity index (χ1n) is 7.00. The molecule has 0 radical (unpaired) electrons. The molecule has 0 N–H and O–H groups in total. The molecule has 3 heteroatoms. The lowest BCUT2D eigenvalue weighted by Gasteiger charge is -2.26. The Morgan fingerprint density at radius 3 is 2.35 bits per heavy atom. The number of hydrogen-bond donors (Lipinski definition) is 0. The Labute approximate surface area is 107 Å². The fraction of sp³-hybridized carbons (Fsp3) is 0.929. The van der Waals surface area contributed by atoms with Crippen LogP contribution in [0.25, 0.3) is 0 Å². The summed E-state index contributed by atoms with van der Waals surface area (Å²) in [6, 6.07) is 0. The van der Waals surface area contributed by atoms with Crippen LogP contribution in [0.15, 0.2) is 0 Å². The van der Waals surface area contributed by atoms with Gasteiger partial charge in [-0.25, -0.2) is 0 Å². The smallest absolute Gasteiger partial charge is 0.136 e. The van der Waals surface area contributed by atoms with Crippen molar-refractivity contribution < 1.29 is 9.00 Å². The molecule has 0 aromatic rings. The van der Waals surface area contributed by atoms with Gasteiger partial charge in [0.1, 0.15) is 5.78 Å². The molecule has 0 aromatic carbocycles. The summed E-state index contributed by atoms with van der Waals surface area (Å²) in [5, 5.41) is 0.681. The highest BCUT2D eigenvalue weighted by Crippen LogP contribution is 2.39. The van der Waals surface area contributed by atoms with Gasteiger partial charge in [-0.05, 0) is 38.0 Å². The van der Waals surface area contributed by atoms with Crippen LogP contribution in [0.3, 0.4) is 0 Å². The maximum atomic E-state index is 12.1. The maximum absolute atomic E-state index is 12.1. The van der Waals surface area contributed by atoms with Gasteiger partial charge in [0.15, 0.2) is 0 Å². The molecule has 0 saturated carbocycles. The Morgan fingerprint density at radius 1 is 1.24 bits per heavy atom. The highest BCUT2D eigenvalue weighted by Gasteiger charge is 2.42. The quantitative estimate of drug-likeness (QED) is 0.757. The summed E-state index contributed by atoms with van der Waals surface area (Å²) in [5.41, 5.74) is 0. The molecule has 0 aliphatic carbocycles. The lowest BCUT2D eigenvalue weighted by Crippen LogP contribution is -2.32. The van der Waals surface area contributed by atoms with E-state index in [2.05, 4.69) is 13.8 Å². The molecule has 2 saturated heterocycles. The molecule has 2 fully saturated rings. The number of ketones is 1. The summed E-state index contributed by atoms with van der Waals surface area (Å²) in [5.74, 6) is 1.37. The Balaban J connectivity index is 1.79. The average molecular weight is 256 g/mol. The van der Waals surface area contributed by atoms with Gasteiger partial charge < -0.3 is 0 Å². The first-order valence-corrected chi connectivity index (χ1v) is 8.27. The summed E-state index contributed by atoms with van der Waals surface area (Å²) < 4.78 is 11.9. The molecule has 98 valence electrons.